The van der Waals surface area contributed by atoms with Gasteiger partial charge in [-0.2, -0.15) is 0 Å². The van der Waals surface area contributed by atoms with E-state index in [1.807, 2.05) is 71.1 Å². The van der Waals surface area contributed by atoms with E-state index >= 15 is 0 Å². The second-order valence-corrected chi connectivity index (χ2v) is 8.57. The minimum atomic E-state index is -0.131. The summed E-state index contributed by atoms with van der Waals surface area (Å²) in [5, 5.41) is 4.33. The van der Waals surface area contributed by atoms with Crippen LogP contribution in [0.2, 0.25) is 0 Å². The maximum atomic E-state index is 12.6. The normalized spacial score (nSPS) is 15.3. The molecule has 1 N–H and O–H groups in total. The van der Waals surface area contributed by atoms with E-state index in [-0.39, 0.29) is 17.7 Å². The first-order valence-corrected chi connectivity index (χ1v) is 11.3. The Morgan fingerprint density at radius 2 is 1.81 bits per heavy atom. The van der Waals surface area contributed by atoms with Crippen molar-refractivity contribution in [3.63, 3.8) is 0 Å². The maximum Gasteiger partial charge on any atom is 0.243 e. The van der Waals surface area contributed by atoms with Crippen LogP contribution in [0.1, 0.15) is 19.3 Å². The van der Waals surface area contributed by atoms with Gasteiger partial charge in [0.15, 0.2) is 0 Å². The number of fused-ring (bicyclic) bond motifs is 1. The van der Waals surface area contributed by atoms with Gasteiger partial charge in [0.25, 0.3) is 0 Å². The van der Waals surface area contributed by atoms with Crippen molar-refractivity contribution in [1.82, 2.24) is 14.9 Å². The van der Waals surface area contributed by atoms with Gasteiger partial charge in [0, 0.05) is 26.1 Å². The highest BCUT2D eigenvalue weighted by atomic mass is 32.1. The van der Waals surface area contributed by atoms with Crippen LogP contribution >= 0.6 is 11.3 Å². The molecule has 2 aromatic carbocycles. The Morgan fingerprint density at radius 3 is 2.55 bits per heavy atom. The quantitative estimate of drug-likeness (QED) is 0.602. The van der Waals surface area contributed by atoms with E-state index < -0.39 is 0 Å². The number of aromatic nitrogens is 1. The molecule has 1 saturated heterocycles. The smallest absolute Gasteiger partial charge is 0.243 e. The van der Waals surface area contributed by atoms with Gasteiger partial charge in [-0.25, -0.2) is 5.43 Å². The third kappa shape index (κ3) is 5.14. The first-order chi connectivity index (χ1) is 15.1. The van der Waals surface area contributed by atoms with Gasteiger partial charge < -0.3 is 14.2 Å². The molecule has 0 unspecified atom stereocenters. The Balaban J connectivity index is 1.24. The number of likely N-dealkylation sites (tertiary alicyclic amines) is 1. The molecule has 1 aromatic heterocycles. The number of ether oxygens (including phenoxy) is 1. The third-order valence-electron chi connectivity index (χ3n) is 5.52. The van der Waals surface area contributed by atoms with Crippen LogP contribution in [0.3, 0.4) is 0 Å². The monoisotopic (exact) mass is 438 g/mol. The topological polar surface area (TPSA) is 75.9 Å². The molecule has 2 heterocycles. The molecule has 0 saturated carbocycles. The molecule has 1 aliphatic rings. The number of rotatable bonds is 6. The molecule has 0 aliphatic carbocycles. The molecule has 4 rings (SSSR count). The number of hydrogen-bond donors (Lipinski definition) is 1. The lowest BCUT2D eigenvalue weighted by Crippen LogP contribution is -2.42. The molecule has 1 aliphatic heterocycles. The molecule has 3 aromatic rings. The molecule has 7 nitrogen and oxygen atoms in total. The fourth-order valence-electron chi connectivity index (χ4n) is 3.70. The summed E-state index contributed by atoms with van der Waals surface area (Å²) in [6, 6.07) is 17.5. The Bertz CT molecular complexity index is 1110. The van der Waals surface area contributed by atoms with Gasteiger partial charge in [0.1, 0.15) is 5.75 Å². The number of nitrogens with zero attached hydrogens (tertiary/aromatic N) is 3. The fraction of sp³-hybridized carbons (Fsp3) is 0.348. The molecule has 1 fully saturated rings. The highest BCUT2D eigenvalue weighted by molar-refractivity contribution is 7.16. The van der Waals surface area contributed by atoms with E-state index in [1.54, 1.807) is 0 Å². The summed E-state index contributed by atoms with van der Waals surface area (Å²) in [5.41, 5.74) is 3.81. The van der Waals surface area contributed by atoms with Crippen LogP contribution in [-0.4, -0.2) is 41.0 Å². The van der Waals surface area contributed by atoms with Gasteiger partial charge in [-0.15, -0.1) is 5.10 Å². The number of thiazole rings is 1. The molecule has 0 spiro atoms. The third-order valence-corrected chi connectivity index (χ3v) is 6.64. The van der Waals surface area contributed by atoms with Crippen LogP contribution in [0.15, 0.2) is 59.7 Å². The molecule has 8 heteroatoms. The predicted octanol–water partition coefficient (Wildman–Crippen LogP) is 2.88. The van der Waals surface area contributed by atoms with Gasteiger partial charge in [0.05, 0.1) is 23.2 Å². The van der Waals surface area contributed by atoms with E-state index in [1.165, 1.54) is 11.3 Å². The second-order valence-electron chi connectivity index (χ2n) is 7.57. The lowest BCUT2D eigenvalue weighted by Gasteiger charge is -2.31. The number of amides is 2. The van der Waals surface area contributed by atoms with Crippen LogP contribution in [-0.2, 0) is 16.6 Å². The van der Waals surface area contributed by atoms with Gasteiger partial charge in [0.2, 0.25) is 16.6 Å². The number of carbonyl (C=O) groups excluding carboxylic acids is 2. The van der Waals surface area contributed by atoms with Crippen molar-refractivity contribution in [2.75, 3.05) is 19.7 Å². The number of carbonyl (C=O) groups is 2. The van der Waals surface area contributed by atoms with Crippen LogP contribution < -0.4 is 15.0 Å². The SMILES string of the molecule is Cn1/c(=N\NC(=O)C2CCN(C(=O)CCOc3ccccc3)CC2)sc2ccccc21. The van der Waals surface area contributed by atoms with Gasteiger partial charge >= 0.3 is 0 Å². The molecule has 2 amide bonds. The standard InChI is InChI=1S/C23H26N4O3S/c1-26-19-9-5-6-10-20(19)31-23(26)25-24-22(29)17-11-14-27(15-12-17)21(28)13-16-30-18-7-3-2-4-8-18/h2-10,17H,11-16H2,1H3,(H,24,29)/b25-23+. The second kappa shape index (κ2) is 9.78. The fourth-order valence-corrected chi connectivity index (χ4v) is 4.68. The van der Waals surface area contributed by atoms with E-state index in [4.69, 9.17) is 4.74 Å². The molecule has 0 radical (unpaired) electrons. The summed E-state index contributed by atoms with van der Waals surface area (Å²) in [7, 11) is 1.94. The molecule has 0 bridgehead atoms. The van der Waals surface area contributed by atoms with Crippen molar-refractivity contribution in [2.45, 2.75) is 19.3 Å². The number of benzene rings is 2. The number of hydrogen-bond acceptors (Lipinski definition) is 5. The Kier molecular flexibility index (Phi) is 6.66. The van der Waals surface area contributed by atoms with E-state index in [0.29, 0.717) is 39.0 Å². The summed E-state index contributed by atoms with van der Waals surface area (Å²) >= 11 is 1.54. The maximum absolute atomic E-state index is 12.6. The van der Waals surface area contributed by atoms with Crippen molar-refractivity contribution in [3.05, 3.63) is 59.4 Å². The highest BCUT2D eigenvalue weighted by Crippen LogP contribution is 2.19. The van der Waals surface area contributed by atoms with Crippen molar-refractivity contribution in [2.24, 2.45) is 18.1 Å². The largest absolute Gasteiger partial charge is 0.493 e. The Morgan fingerprint density at radius 1 is 1.10 bits per heavy atom. The zero-order valence-electron chi connectivity index (χ0n) is 17.5. The first-order valence-electron chi connectivity index (χ1n) is 10.5. The Hall–Kier alpha value is -3.13. The lowest BCUT2D eigenvalue weighted by atomic mass is 9.96. The summed E-state index contributed by atoms with van der Waals surface area (Å²) in [6.07, 6.45) is 1.62. The van der Waals surface area contributed by atoms with Gasteiger partial charge in [-0.3, -0.25) is 9.59 Å². The van der Waals surface area contributed by atoms with Gasteiger partial charge in [-0.05, 0) is 37.1 Å². The summed E-state index contributed by atoms with van der Waals surface area (Å²) < 4.78 is 8.70. The van der Waals surface area contributed by atoms with E-state index in [0.717, 1.165) is 20.8 Å². The molecular formula is C23H26N4O3S. The lowest BCUT2D eigenvalue weighted by molar-refractivity contribution is -0.136. The van der Waals surface area contributed by atoms with Crippen molar-refractivity contribution >= 4 is 33.4 Å². The number of piperidine rings is 1. The van der Waals surface area contributed by atoms with Crippen LogP contribution in [0, 0.1) is 5.92 Å². The van der Waals surface area contributed by atoms with Crippen molar-refractivity contribution < 1.29 is 14.3 Å². The Labute approximate surface area is 184 Å². The summed E-state index contributed by atoms with van der Waals surface area (Å²) in [5.74, 6) is 0.614. The van der Waals surface area contributed by atoms with Crippen LogP contribution in [0.4, 0.5) is 0 Å². The highest BCUT2D eigenvalue weighted by Gasteiger charge is 2.27. The number of nitrogens with one attached hydrogen (secondary N) is 1. The van der Waals surface area contributed by atoms with Crippen molar-refractivity contribution in [1.29, 1.82) is 0 Å². The van der Waals surface area contributed by atoms with E-state index in [2.05, 4.69) is 10.5 Å². The zero-order valence-corrected chi connectivity index (χ0v) is 18.3. The average molecular weight is 439 g/mol. The molecule has 162 valence electrons. The van der Waals surface area contributed by atoms with E-state index in [9.17, 15) is 9.59 Å². The van der Waals surface area contributed by atoms with Crippen LogP contribution in [0.25, 0.3) is 10.2 Å². The first kappa shape index (κ1) is 21.1. The summed E-state index contributed by atoms with van der Waals surface area (Å²) in [6.45, 7) is 1.52. The molecule has 31 heavy (non-hydrogen) atoms. The van der Waals surface area contributed by atoms with Crippen LogP contribution in [0.5, 0.6) is 5.75 Å². The average Bonchev–Trinajstić information content (AvgIpc) is 3.14. The number of aryl methyl sites for hydroxylation is 1. The molecular weight excluding hydrogens is 412 g/mol. The van der Waals surface area contributed by atoms with Crippen molar-refractivity contribution in [3.8, 4) is 5.75 Å². The predicted molar refractivity (Wildman–Crippen MR) is 120 cm³/mol. The van der Waals surface area contributed by atoms with Gasteiger partial charge in [-0.1, -0.05) is 41.7 Å². The minimum Gasteiger partial charge on any atom is -0.493 e. The summed E-state index contributed by atoms with van der Waals surface area (Å²) in [4.78, 5) is 27.6. The minimum absolute atomic E-state index is 0.0665. The zero-order chi connectivity index (χ0) is 21.6. The molecule has 0 atom stereocenters. The number of para-hydroxylation sites is 2.